The summed E-state index contributed by atoms with van der Waals surface area (Å²) in [4.78, 5) is 11.0. The topological polar surface area (TPSA) is 70.8 Å². The minimum atomic E-state index is -0.273. The summed E-state index contributed by atoms with van der Waals surface area (Å²) in [6, 6.07) is -0.153. The van der Waals surface area contributed by atoms with Crippen LogP contribution in [0.5, 0.6) is 0 Å². The summed E-state index contributed by atoms with van der Waals surface area (Å²) in [6.45, 7) is 3.79. The van der Waals surface area contributed by atoms with Gasteiger partial charge in [-0.3, -0.25) is 4.79 Å². The average Bonchev–Trinajstić information content (AvgIpc) is 2.15. The van der Waals surface area contributed by atoms with Crippen molar-refractivity contribution in [2.24, 2.45) is 5.73 Å². The highest BCUT2D eigenvalue weighted by Gasteiger charge is 2.05. The van der Waals surface area contributed by atoms with Crippen molar-refractivity contribution in [2.45, 2.75) is 25.8 Å². The van der Waals surface area contributed by atoms with Crippen molar-refractivity contribution in [3.8, 4) is 0 Å². The van der Waals surface area contributed by atoms with Gasteiger partial charge in [0.15, 0.2) is 0 Å². The van der Waals surface area contributed by atoms with Gasteiger partial charge >= 0.3 is 5.97 Å². The van der Waals surface area contributed by atoms with Crippen LogP contribution in [0.4, 0.5) is 0 Å². The molecule has 0 aliphatic carbocycles. The fourth-order valence-corrected chi connectivity index (χ4v) is 0.944. The van der Waals surface area contributed by atoms with Crippen molar-refractivity contribution in [2.75, 3.05) is 33.5 Å². The van der Waals surface area contributed by atoms with Crippen LogP contribution < -0.4 is 5.73 Å². The van der Waals surface area contributed by atoms with Crippen LogP contribution in [-0.2, 0) is 19.0 Å². The summed E-state index contributed by atoms with van der Waals surface area (Å²) >= 11 is 0. The van der Waals surface area contributed by atoms with Crippen LogP contribution in [0.2, 0.25) is 0 Å². The molecule has 15 heavy (non-hydrogen) atoms. The van der Waals surface area contributed by atoms with Crippen LogP contribution in [0.15, 0.2) is 0 Å². The molecule has 0 fully saturated rings. The summed E-state index contributed by atoms with van der Waals surface area (Å²) in [6.07, 6.45) is 1.11. The van der Waals surface area contributed by atoms with Gasteiger partial charge in [-0.15, -0.1) is 0 Å². The standard InChI is InChI=1S/C10H21NO4/c1-9(11)8-10(12)15-7-6-14-5-3-4-13-2/h9H,3-8,11H2,1-2H3. The van der Waals surface area contributed by atoms with Crippen molar-refractivity contribution >= 4 is 5.97 Å². The van der Waals surface area contributed by atoms with Gasteiger partial charge in [-0.2, -0.15) is 0 Å². The lowest BCUT2D eigenvalue weighted by Gasteiger charge is -2.07. The highest BCUT2D eigenvalue weighted by Crippen LogP contribution is 1.91. The largest absolute Gasteiger partial charge is 0.463 e. The van der Waals surface area contributed by atoms with Crippen molar-refractivity contribution in [3.63, 3.8) is 0 Å². The minimum Gasteiger partial charge on any atom is -0.463 e. The summed E-state index contributed by atoms with van der Waals surface area (Å²) < 4.78 is 14.9. The maximum absolute atomic E-state index is 11.0. The molecule has 0 saturated carbocycles. The van der Waals surface area contributed by atoms with Crippen molar-refractivity contribution < 1.29 is 19.0 Å². The molecule has 0 amide bonds. The van der Waals surface area contributed by atoms with E-state index in [0.29, 0.717) is 26.4 Å². The molecule has 0 bridgehead atoms. The molecular formula is C10H21NO4. The van der Waals surface area contributed by atoms with Crippen LogP contribution >= 0.6 is 0 Å². The zero-order chi connectivity index (χ0) is 11.5. The van der Waals surface area contributed by atoms with Gasteiger partial charge in [0.1, 0.15) is 6.61 Å². The lowest BCUT2D eigenvalue weighted by Crippen LogP contribution is -2.22. The zero-order valence-electron chi connectivity index (χ0n) is 9.53. The molecule has 0 heterocycles. The quantitative estimate of drug-likeness (QED) is 0.446. The van der Waals surface area contributed by atoms with E-state index in [9.17, 15) is 4.79 Å². The Bertz CT molecular complexity index is 162. The Morgan fingerprint density at radius 3 is 2.60 bits per heavy atom. The normalized spacial score (nSPS) is 12.5. The Labute approximate surface area is 90.9 Å². The maximum atomic E-state index is 11.0. The number of methoxy groups -OCH3 is 1. The third-order valence-electron chi connectivity index (χ3n) is 1.62. The second-order valence-corrected chi connectivity index (χ2v) is 3.36. The molecule has 0 radical (unpaired) electrons. The van der Waals surface area contributed by atoms with Gasteiger partial charge in [0, 0.05) is 26.4 Å². The Hall–Kier alpha value is -0.650. The lowest BCUT2D eigenvalue weighted by atomic mass is 10.3. The molecule has 90 valence electrons. The zero-order valence-corrected chi connectivity index (χ0v) is 9.53. The third kappa shape index (κ3) is 11.3. The molecule has 0 saturated heterocycles. The Balaban J connectivity index is 3.13. The fraction of sp³-hybridized carbons (Fsp3) is 0.900. The molecule has 5 heteroatoms. The number of hydrogen-bond donors (Lipinski definition) is 1. The summed E-state index contributed by atoms with van der Waals surface area (Å²) in [5.74, 6) is -0.273. The number of carbonyl (C=O) groups excluding carboxylic acids is 1. The minimum absolute atomic E-state index is 0.153. The Morgan fingerprint density at radius 1 is 1.27 bits per heavy atom. The number of carbonyl (C=O) groups is 1. The highest BCUT2D eigenvalue weighted by molar-refractivity contribution is 5.69. The molecule has 0 aliphatic heterocycles. The molecule has 2 N–H and O–H groups in total. The molecule has 0 aromatic heterocycles. The lowest BCUT2D eigenvalue weighted by molar-refractivity contribution is -0.145. The predicted molar refractivity (Wildman–Crippen MR) is 56.5 cm³/mol. The maximum Gasteiger partial charge on any atom is 0.307 e. The van der Waals surface area contributed by atoms with Gasteiger partial charge in [-0.1, -0.05) is 0 Å². The van der Waals surface area contributed by atoms with Crippen molar-refractivity contribution in [1.29, 1.82) is 0 Å². The van der Waals surface area contributed by atoms with Crippen LogP contribution in [0.25, 0.3) is 0 Å². The molecular weight excluding hydrogens is 198 g/mol. The van der Waals surface area contributed by atoms with E-state index < -0.39 is 0 Å². The van der Waals surface area contributed by atoms with Crippen LogP contribution in [-0.4, -0.2) is 45.5 Å². The number of hydrogen-bond acceptors (Lipinski definition) is 5. The third-order valence-corrected chi connectivity index (χ3v) is 1.62. The average molecular weight is 219 g/mol. The van der Waals surface area contributed by atoms with Crippen molar-refractivity contribution in [1.82, 2.24) is 0 Å². The van der Waals surface area contributed by atoms with Gasteiger partial charge in [-0.05, 0) is 13.3 Å². The first-order valence-electron chi connectivity index (χ1n) is 5.14. The van der Waals surface area contributed by atoms with Crippen LogP contribution in [0, 0.1) is 0 Å². The van der Waals surface area contributed by atoms with E-state index in [1.165, 1.54) is 0 Å². The molecule has 0 rings (SSSR count). The molecule has 0 aromatic rings. The molecule has 1 unspecified atom stereocenters. The van der Waals surface area contributed by atoms with Crippen molar-refractivity contribution in [3.05, 3.63) is 0 Å². The summed E-state index contributed by atoms with van der Waals surface area (Å²) in [5, 5.41) is 0. The first-order chi connectivity index (χ1) is 7.16. The molecule has 1 atom stereocenters. The number of rotatable bonds is 9. The monoisotopic (exact) mass is 219 g/mol. The predicted octanol–water partition coefficient (Wildman–Crippen LogP) is 0.320. The van der Waals surface area contributed by atoms with Gasteiger partial charge in [-0.25, -0.2) is 0 Å². The second kappa shape index (κ2) is 9.89. The van der Waals surface area contributed by atoms with E-state index in [1.54, 1.807) is 14.0 Å². The number of esters is 1. The van der Waals surface area contributed by atoms with Crippen LogP contribution in [0.1, 0.15) is 19.8 Å². The van der Waals surface area contributed by atoms with E-state index >= 15 is 0 Å². The summed E-state index contributed by atoms with van der Waals surface area (Å²) in [7, 11) is 1.65. The molecule has 5 nitrogen and oxygen atoms in total. The smallest absolute Gasteiger partial charge is 0.307 e. The molecule has 0 aromatic carbocycles. The second-order valence-electron chi connectivity index (χ2n) is 3.36. The van der Waals surface area contributed by atoms with E-state index in [2.05, 4.69) is 0 Å². The van der Waals surface area contributed by atoms with E-state index in [0.717, 1.165) is 6.42 Å². The first-order valence-corrected chi connectivity index (χ1v) is 5.14. The van der Waals surface area contributed by atoms with Crippen LogP contribution in [0.3, 0.4) is 0 Å². The Kier molecular flexibility index (Phi) is 9.46. The SMILES string of the molecule is COCCCOCCOC(=O)CC(C)N. The number of nitrogens with two attached hydrogens (primary N) is 1. The molecule has 0 spiro atoms. The Morgan fingerprint density at radius 2 is 2.00 bits per heavy atom. The number of ether oxygens (including phenoxy) is 3. The summed E-state index contributed by atoms with van der Waals surface area (Å²) in [5.41, 5.74) is 5.43. The first kappa shape index (κ1) is 14.3. The van der Waals surface area contributed by atoms with Gasteiger partial charge in [0.25, 0.3) is 0 Å². The van der Waals surface area contributed by atoms with Gasteiger partial charge in [0.05, 0.1) is 13.0 Å². The van der Waals surface area contributed by atoms with Gasteiger partial charge in [0.2, 0.25) is 0 Å². The van der Waals surface area contributed by atoms with E-state index in [4.69, 9.17) is 19.9 Å². The highest BCUT2D eigenvalue weighted by atomic mass is 16.6. The van der Waals surface area contributed by atoms with E-state index in [1.807, 2.05) is 0 Å². The van der Waals surface area contributed by atoms with Gasteiger partial charge < -0.3 is 19.9 Å². The fourth-order valence-electron chi connectivity index (χ4n) is 0.944. The molecule has 0 aliphatic rings. The van der Waals surface area contributed by atoms with E-state index in [-0.39, 0.29) is 18.4 Å².